The zero-order valence-corrected chi connectivity index (χ0v) is 15.6. The van der Waals surface area contributed by atoms with Crippen LogP contribution in [-0.4, -0.2) is 29.3 Å². The average Bonchev–Trinajstić information content (AvgIpc) is 3.00. The third kappa shape index (κ3) is 5.74. The van der Waals surface area contributed by atoms with Gasteiger partial charge in [-0.3, -0.25) is 4.79 Å². The number of esters is 1. The normalized spacial score (nSPS) is 11.3. The Morgan fingerprint density at radius 1 is 1.46 bits per heavy atom. The summed E-state index contributed by atoms with van der Waals surface area (Å²) in [5.74, 6) is -0.226. The molecule has 1 N–H and O–H groups in total. The molecule has 1 aromatic heterocycles. The lowest BCUT2D eigenvalue weighted by atomic mass is 10.2. The van der Waals surface area contributed by atoms with Gasteiger partial charge in [0.25, 0.3) is 0 Å². The molecule has 128 valence electrons. The number of nitrogens with one attached hydrogen (secondary N) is 1. The Balaban J connectivity index is 1.96. The summed E-state index contributed by atoms with van der Waals surface area (Å²) in [6.07, 6.45) is 2.96. The van der Waals surface area contributed by atoms with Crippen molar-refractivity contribution in [2.24, 2.45) is 4.99 Å². The molecule has 2 aromatic rings. The quantitative estimate of drug-likeness (QED) is 0.473. The van der Waals surface area contributed by atoms with Crippen molar-refractivity contribution >= 4 is 46.2 Å². The van der Waals surface area contributed by atoms with Gasteiger partial charge in [0.05, 0.1) is 13.7 Å². The lowest BCUT2D eigenvalue weighted by Crippen LogP contribution is -2.25. The third-order valence-corrected chi connectivity index (χ3v) is 4.62. The summed E-state index contributed by atoms with van der Waals surface area (Å²) >= 11 is 12.9. The summed E-state index contributed by atoms with van der Waals surface area (Å²) in [5, 5.41) is 6.11. The first-order valence-electron chi connectivity index (χ1n) is 7.37. The Bertz CT molecular complexity index is 770. The summed E-state index contributed by atoms with van der Waals surface area (Å²) in [5.41, 5.74) is 1.02. The van der Waals surface area contributed by atoms with E-state index in [4.69, 9.17) is 23.8 Å². The van der Waals surface area contributed by atoms with Gasteiger partial charge in [-0.1, -0.05) is 29.8 Å². The Kier molecular flexibility index (Phi) is 7.42. The number of carbonyl (C=O) groups excluding carboxylic acids is 1. The van der Waals surface area contributed by atoms with Crippen molar-refractivity contribution in [1.29, 1.82) is 0 Å². The number of nitrogens with zero attached hydrogens (tertiary/aromatic N) is 2. The number of rotatable bonds is 6. The molecule has 1 aromatic carbocycles. The van der Waals surface area contributed by atoms with E-state index in [-0.39, 0.29) is 5.97 Å². The van der Waals surface area contributed by atoms with Gasteiger partial charge in [0.1, 0.15) is 0 Å². The molecular weight excluding hydrogens is 366 g/mol. The molecule has 0 aliphatic heterocycles. The first-order valence-corrected chi connectivity index (χ1v) is 9.03. The van der Waals surface area contributed by atoms with Gasteiger partial charge in [0, 0.05) is 29.6 Å². The molecule has 0 fully saturated rings. The topological polar surface area (TPSA) is 55.6 Å². The first-order chi connectivity index (χ1) is 11.6. The maximum Gasteiger partial charge on any atom is 0.305 e. The predicted molar refractivity (Wildman–Crippen MR) is 100 cm³/mol. The van der Waals surface area contributed by atoms with Crippen molar-refractivity contribution in [1.82, 2.24) is 9.88 Å². The summed E-state index contributed by atoms with van der Waals surface area (Å²) in [7, 11) is 1.38. The number of methoxy groups -OCH3 is 1. The fourth-order valence-corrected chi connectivity index (χ4v) is 3.15. The SMILES string of the molecule is COC(=O)CCCNC(=S)N=c1sccn1Cc1ccccc1Cl. The van der Waals surface area contributed by atoms with Crippen molar-refractivity contribution in [3.8, 4) is 0 Å². The standard InChI is InChI=1S/C16H18ClN3O2S2/c1-22-14(21)7-4-8-18-15(23)19-16-20(9-10-24-16)11-12-5-2-3-6-13(12)17/h2-3,5-6,9-10H,4,7-8,11H2,1H3,(H,18,23). The minimum absolute atomic E-state index is 0.226. The highest BCUT2D eigenvalue weighted by Gasteiger charge is 2.03. The van der Waals surface area contributed by atoms with Crippen molar-refractivity contribution in [3.63, 3.8) is 0 Å². The molecule has 0 bridgehead atoms. The van der Waals surface area contributed by atoms with E-state index in [1.165, 1.54) is 18.4 Å². The maximum absolute atomic E-state index is 11.0. The number of thiazole rings is 1. The second-order valence-electron chi connectivity index (χ2n) is 4.93. The van der Waals surface area contributed by atoms with Crippen LogP contribution in [0.2, 0.25) is 5.02 Å². The van der Waals surface area contributed by atoms with E-state index < -0.39 is 0 Å². The van der Waals surface area contributed by atoms with Gasteiger partial charge in [0.2, 0.25) is 0 Å². The van der Waals surface area contributed by atoms with Crippen LogP contribution in [0.5, 0.6) is 0 Å². The molecule has 1 heterocycles. The van der Waals surface area contributed by atoms with E-state index >= 15 is 0 Å². The van der Waals surface area contributed by atoms with Crippen molar-refractivity contribution < 1.29 is 9.53 Å². The fourth-order valence-electron chi connectivity index (χ4n) is 1.97. The highest BCUT2D eigenvalue weighted by molar-refractivity contribution is 7.80. The number of thiocarbonyl (C=S) groups is 1. The molecule has 0 aliphatic carbocycles. The van der Waals surface area contributed by atoms with Crippen molar-refractivity contribution in [2.75, 3.05) is 13.7 Å². The van der Waals surface area contributed by atoms with Crippen LogP contribution in [-0.2, 0) is 16.1 Å². The zero-order valence-electron chi connectivity index (χ0n) is 13.2. The minimum Gasteiger partial charge on any atom is -0.469 e. The summed E-state index contributed by atoms with van der Waals surface area (Å²) in [6.45, 7) is 1.21. The predicted octanol–water partition coefficient (Wildman–Crippen LogP) is 2.98. The average molecular weight is 384 g/mol. The zero-order chi connectivity index (χ0) is 17.4. The van der Waals surface area contributed by atoms with Crippen molar-refractivity contribution in [2.45, 2.75) is 19.4 Å². The van der Waals surface area contributed by atoms with E-state index in [1.54, 1.807) is 0 Å². The smallest absolute Gasteiger partial charge is 0.305 e. The highest BCUT2D eigenvalue weighted by Crippen LogP contribution is 2.15. The van der Waals surface area contributed by atoms with E-state index in [1.807, 2.05) is 40.4 Å². The van der Waals surface area contributed by atoms with Gasteiger partial charge in [-0.15, -0.1) is 11.3 Å². The second kappa shape index (κ2) is 9.56. The Labute approximate surface area is 154 Å². The van der Waals surface area contributed by atoms with Crippen LogP contribution in [0.3, 0.4) is 0 Å². The molecule has 2 rings (SSSR count). The number of halogens is 1. The molecule has 0 atom stereocenters. The van der Waals surface area contributed by atoms with Crippen LogP contribution in [0.1, 0.15) is 18.4 Å². The van der Waals surface area contributed by atoms with Crippen LogP contribution in [0.15, 0.2) is 40.8 Å². The number of hydrogen-bond donors (Lipinski definition) is 1. The number of aromatic nitrogens is 1. The molecule has 24 heavy (non-hydrogen) atoms. The largest absolute Gasteiger partial charge is 0.469 e. The molecule has 0 amide bonds. The van der Waals surface area contributed by atoms with E-state index in [0.29, 0.717) is 31.0 Å². The van der Waals surface area contributed by atoms with Crippen molar-refractivity contribution in [3.05, 3.63) is 51.2 Å². The second-order valence-corrected chi connectivity index (χ2v) is 6.60. The van der Waals surface area contributed by atoms with E-state index in [9.17, 15) is 4.79 Å². The first kappa shape index (κ1) is 18.6. The number of hydrogen-bond acceptors (Lipinski definition) is 4. The molecule has 5 nitrogen and oxygen atoms in total. The molecule has 8 heteroatoms. The Morgan fingerprint density at radius 2 is 2.25 bits per heavy atom. The lowest BCUT2D eigenvalue weighted by Gasteiger charge is -2.06. The van der Waals surface area contributed by atoms with Gasteiger partial charge < -0.3 is 14.6 Å². The molecule has 0 spiro atoms. The molecular formula is C16H18ClN3O2S2. The van der Waals surface area contributed by atoms with Crippen LogP contribution < -0.4 is 10.1 Å². The lowest BCUT2D eigenvalue weighted by molar-refractivity contribution is -0.140. The van der Waals surface area contributed by atoms with E-state index in [0.717, 1.165) is 15.4 Å². The highest BCUT2D eigenvalue weighted by atomic mass is 35.5. The molecule has 0 saturated heterocycles. The Hall–Kier alpha value is -1.70. The van der Waals surface area contributed by atoms with Gasteiger partial charge >= 0.3 is 5.97 Å². The number of ether oxygens (including phenoxy) is 1. The number of carbonyl (C=O) groups is 1. The molecule has 0 unspecified atom stereocenters. The van der Waals surface area contributed by atoms with Gasteiger partial charge in [0.15, 0.2) is 9.91 Å². The van der Waals surface area contributed by atoms with Crippen LogP contribution in [0.25, 0.3) is 0 Å². The maximum atomic E-state index is 11.0. The monoisotopic (exact) mass is 383 g/mol. The summed E-state index contributed by atoms with van der Waals surface area (Å²) < 4.78 is 6.58. The van der Waals surface area contributed by atoms with Crippen LogP contribution >= 0.6 is 35.2 Å². The minimum atomic E-state index is -0.226. The third-order valence-electron chi connectivity index (χ3n) is 3.22. The van der Waals surface area contributed by atoms with Crippen LogP contribution in [0, 0.1) is 0 Å². The summed E-state index contributed by atoms with van der Waals surface area (Å²) in [4.78, 5) is 16.3. The fraction of sp³-hybridized carbons (Fsp3) is 0.312. The molecule has 0 aliphatic rings. The molecule has 0 radical (unpaired) electrons. The molecule has 0 saturated carbocycles. The number of benzene rings is 1. The van der Waals surface area contributed by atoms with Gasteiger partial charge in [-0.05, 0) is 30.3 Å². The Morgan fingerprint density at radius 3 is 3.00 bits per heavy atom. The van der Waals surface area contributed by atoms with E-state index in [2.05, 4.69) is 15.0 Å². The van der Waals surface area contributed by atoms with Crippen LogP contribution in [0.4, 0.5) is 0 Å². The van der Waals surface area contributed by atoms with Gasteiger partial charge in [-0.2, -0.15) is 4.99 Å². The summed E-state index contributed by atoms with van der Waals surface area (Å²) in [6, 6.07) is 7.72. The van der Waals surface area contributed by atoms with Gasteiger partial charge in [-0.25, -0.2) is 0 Å².